The predicted molar refractivity (Wildman–Crippen MR) is 53.0 cm³/mol. The molecule has 12 heavy (non-hydrogen) atoms. The molecular weight excluding hydrogens is 144 g/mol. The number of hydrogen-bond donors (Lipinski definition) is 0. The maximum Gasteiger partial charge on any atom is -0.0172 e. The van der Waals surface area contributed by atoms with Gasteiger partial charge in [0.1, 0.15) is 0 Å². The number of rotatable bonds is 0. The minimum atomic E-state index is 0.620. The molecule has 0 aromatic carbocycles. The van der Waals surface area contributed by atoms with Crippen LogP contribution in [0.3, 0.4) is 0 Å². The van der Waals surface area contributed by atoms with Gasteiger partial charge in [0.05, 0.1) is 0 Å². The summed E-state index contributed by atoms with van der Waals surface area (Å²) in [6.45, 7) is 7.19. The van der Waals surface area contributed by atoms with Crippen molar-refractivity contribution in [2.45, 2.75) is 46.5 Å². The Hall–Kier alpha value is -0.260. The Kier molecular flexibility index (Phi) is 1.82. The maximum absolute atomic E-state index is 2.46. The number of hydrogen-bond acceptors (Lipinski definition) is 0. The molecule has 1 fully saturated rings. The summed E-state index contributed by atoms with van der Waals surface area (Å²) in [4.78, 5) is 0. The molecule has 2 atom stereocenters. The second-order valence-corrected chi connectivity index (χ2v) is 5.46. The Bertz CT molecular complexity index is 210. The van der Waals surface area contributed by atoms with Gasteiger partial charge in [-0.15, -0.1) is 0 Å². The van der Waals surface area contributed by atoms with E-state index in [4.69, 9.17) is 0 Å². The standard InChI is InChI=1S/C12H20/c1-9-5-4-6-10-7-12(2,3)8-11(9)10/h5,10-11H,4,6-8H2,1-3H3. The lowest BCUT2D eigenvalue weighted by atomic mass is 9.82. The second kappa shape index (κ2) is 2.61. The van der Waals surface area contributed by atoms with Gasteiger partial charge >= 0.3 is 0 Å². The third-order valence-electron chi connectivity index (χ3n) is 3.74. The molecule has 2 aliphatic rings. The van der Waals surface area contributed by atoms with Gasteiger partial charge in [0, 0.05) is 0 Å². The van der Waals surface area contributed by atoms with Crippen LogP contribution in [-0.2, 0) is 0 Å². The Morgan fingerprint density at radius 1 is 1.33 bits per heavy atom. The molecule has 1 saturated carbocycles. The fourth-order valence-electron chi connectivity index (χ4n) is 3.21. The fourth-order valence-corrected chi connectivity index (χ4v) is 3.21. The minimum Gasteiger partial charge on any atom is -0.0853 e. The molecule has 0 aromatic heterocycles. The van der Waals surface area contributed by atoms with Crippen molar-refractivity contribution in [3.8, 4) is 0 Å². The summed E-state index contributed by atoms with van der Waals surface area (Å²) in [7, 11) is 0. The van der Waals surface area contributed by atoms with Crippen LogP contribution in [0.1, 0.15) is 46.5 Å². The molecule has 2 aliphatic carbocycles. The zero-order valence-electron chi connectivity index (χ0n) is 8.56. The summed E-state index contributed by atoms with van der Waals surface area (Å²) in [5.74, 6) is 1.96. The van der Waals surface area contributed by atoms with Crippen LogP contribution in [0.2, 0.25) is 0 Å². The van der Waals surface area contributed by atoms with Gasteiger partial charge in [0.25, 0.3) is 0 Å². The zero-order valence-corrected chi connectivity index (χ0v) is 8.56. The molecule has 0 aliphatic heterocycles. The molecule has 0 N–H and O–H groups in total. The highest BCUT2D eigenvalue weighted by molar-refractivity contribution is 5.13. The van der Waals surface area contributed by atoms with Gasteiger partial charge < -0.3 is 0 Å². The van der Waals surface area contributed by atoms with E-state index in [1.54, 1.807) is 5.57 Å². The summed E-state index contributed by atoms with van der Waals surface area (Å²) in [5.41, 5.74) is 2.30. The SMILES string of the molecule is CC1=CCCC2CC(C)(C)CC12. The molecule has 0 amide bonds. The smallest absolute Gasteiger partial charge is 0.0172 e. The first-order valence-corrected chi connectivity index (χ1v) is 5.25. The summed E-state index contributed by atoms with van der Waals surface area (Å²) >= 11 is 0. The molecule has 2 rings (SSSR count). The van der Waals surface area contributed by atoms with Gasteiger partial charge in [-0.2, -0.15) is 0 Å². The van der Waals surface area contributed by atoms with Crippen molar-refractivity contribution >= 4 is 0 Å². The van der Waals surface area contributed by atoms with Crippen molar-refractivity contribution in [3.05, 3.63) is 11.6 Å². The highest BCUT2D eigenvalue weighted by Crippen LogP contribution is 2.51. The van der Waals surface area contributed by atoms with Gasteiger partial charge in [-0.3, -0.25) is 0 Å². The lowest BCUT2D eigenvalue weighted by Crippen LogP contribution is -2.12. The van der Waals surface area contributed by atoms with E-state index >= 15 is 0 Å². The normalized spacial score (nSPS) is 39.1. The molecule has 0 aromatic rings. The van der Waals surface area contributed by atoms with Crippen molar-refractivity contribution in [2.24, 2.45) is 17.3 Å². The van der Waals surface area contributed by atoms with E-state index in [-0.39, 0.29) is 0 Å². The third-order valence-corrected chi connectivity index (χ3v) is 3.74. The van der Waals surface area contributed by atoms with Crippen LogP contribution in [-0.4, -0.2) is 0 Å². The monoisotopic (exact) mass is 164 g/mol. The Balaban J connectivity index is 2.18. The van der Waals surface area contributed by atoms with E-state index in [0.29, 0.717) is 5.41 Å². The lowest BCUT2D eigenvalue weighted by molar-refractivity contribution is 0.354. The third kappa shape index (κ3) is 1.32. The predicted octanol–water partition coefficient (Wildman–Crippen LogP) is 3.78. The highest BCUT2D eigenvalue weighted by Gasteiger charge is 2.40. The summed E-state index contributed by atoms with van der Waals surface area (Å²) < 4.78 is 0. The van der Waals surface area contributed by atoms with E-state index in [2.05, 4.69) is 26.8 Å². The van der Waals surface area contributed by atoms with Crippen molar-refractivity contribution in [2.75, 3.05) is 0 Å². The molecule has 0 saturated heterocycles. The first-order valence-electron chi connectivity index (χ1n) is 5.25. The van der Waals surface area contributed by atoms with E-state index in [9.17, 15) is 0 Å². The van der Waals surface area contributed by atoms with Crippen LogP contribution in [0.25, 0.3) is 0 Å². The highest BCUT2D eigenvalue weighted by atomic mass is 14.4. The van der Waals surface area contributed by atoms with Crippen LogP contribution < -0.4 is 0 Å². The van der Waals surface area contributed by atoms with Crippen LogP contribution in [0.5, 0.6) is 0 Å². The fraction of sp³-hybridized carbons (Fsp3) is 0.833. The summed E-state index contributed by atoms with van der Waals surface area (Å²) in [6.07, 6.45) is 8.14. The molecule has 0 nitrogen and oxygen atoms in total. The van der Waals surface area contributed by atoms with Crippen molar-refractivity contribution in [1.29, 1.82) is 0 Å². The molecule has 68 valence electrons. The molecule has 2 unspecified atom stereocenters. The van der Waals surface area contributed by atoms with Gasteiger partial charge in [-0.1, -0.05) is 25.5 Å². The zero-order chi connectivity index (χ0) is 8.77. The molecule has 0 heteroatoms. The molecule has 0 bridgehead atoms. The van der Waals surface area contributed by atoms with Gasteiger partial charge in [-0.05, 0) is 49.9 Å². The average molecular weight is 164 g/mol. The Morgan fingerprint density at radius 3 is 2.75 bits per heavy atom. The molecule has 0 heterocycles. The second-order valence-electron chi connectivity index (χ2n) is 5.46. The first kappa shape index (κ1) is 8.34. The Labute approximate surface area is 76.1 Å². The molecule has 0 spiro atoms. The topological polar surface area (TPSA) is 0 Å². The van der Waals surface area contributed by atoms with Crippen LogP contribution >= 0.6 is 0 Å². The number of allylic oxidation sites excluding steroid dienone is 2. The minimum absolute atomic E-state index is 0.620. The van der Waals surface area contributed by atoms with Gasteiger partial charge in [0.15, 0.2) is 0 Å². The summed E-state index contributed by atoms with van der Waals surface area (Å²) in [5, 5.41) is 0. The van der Waals surface area contributed by atoms with Crippen molar-refractivity contribution < 1.29 is 0 Å². The van der Waals surface area contributed by atoms with E-state index in [1.165, 1.54) is 25.7 Å². The van der Waals surface area contributed by atoms with Gasteiger partial charge in [0.2, 0.25) is 0 Å². The summed E-state index contributed by atoms with van der Waals surface area (Å²) in [6, 6.07) is 0. The van der Waals surface area contributed by atoms with E-state index in [0.717, 1.165) is 11.8 Å². The van der Waals surface area contributed by atoms with Crippen molar-refractivity contribution in [1.82, 2.24) is 0 Å². The molecular formula is C12H20. The molecule has 0 radical (unpaired) electrons. The quantitative estimate of drug-likeness (QED) is 0.478. The lowest BCUT2D eigenvalue weighted by Gasteiger charge is -2.24. The largest absolute Gasteiger partial charge is 0.0853 e. The van der Waals surface area contributed by atoms with E-state index in [1.807, 2.05) is 0 Å². The van der Waals surface area contributed by atoms with Crippen LogP contribution in [0, 0.1) is 17.3 Å². The maximum atomic E-state index is 2.46. The van der Waals surface area contributed by atoms with Crippen LogP contribution in [0.4, 0.5) is 0 Å². The van der Waals surface area contributed by atoms with Crippen LogP contribution in [0.15, 0.2) is 11.6 Å². The first-order chi connectivity index (χ1) is 5.58. The average Bonchev–Trinajstić information content (AvgIpc) is 2.25. The number of fused-ring (bicyclic) bond motifs is 1. The Morgan fingerprint density at radius 2 is 2.08 bits per heavy atom. The van der Waals surface area contributed by atoms with Gasteiger partial charge in [-0.25, -0.2) is 0 Å². The van der Waals surface area contributed by atoms with Crippen molar-refractivity contribution in [3.63, 3.8) is 0 Å². The van der Waals surface area contributed by atoms with E-state index < -0.39 is 0 Å².